The van der Waals surface area contributed by atoms with Crippen LogP contribution in [-0.4, -0.2) is 56.8 Å². The number of hydrogen-bond donors (Lipinski definition) is 0. The van der Waals surface area contributed by atoms with Crippen molar-refractivity contribution in [1.29, 1.82) is 0 Å². The van der Waals surface area contributed by atoms with Crippen LogP contribution in [0, 0.1) is 0 Å². The van der Waals surface area contributed by atoms with Crippen molar-refractivity contribution in [3.8, 4) is 5.75 Å². The molecule has 2 rings (SSSR count). The van der Waals surface area contributed by atoms with Gasteiger partial charge in [0.05, 0.1) is 11.4 Å². The molecule has 0 saturated heterocycles. The molecule has 0 aliphatic heterocycles. The lowest BCUT2D eigenvalue weighted by Gasteiger charge is -2.19. The van der Waals surface area contributed by atoms with Gasteiger partial charge in [-0.1, -0.05) is 31.5 Å². The molecule has 0 spiro atoms. The van der Waals surface area contributed by atoms with Gasteiger partial charge in [0, 0.05) is 30.7 Å². The SMILES string of the molecule is CCN(CC)S(=O)(=O)c1ccc(C(=O)N(C)CCOc2cccc(Cl)c2)cc1. The number of nitrogens with zero attached hydrogens (tertiary/aromatic N) is 2. The summed E-state index contributed by atoms with van der Waals surface area (Å²) >= 11 is 5.91. The molecule has 0 bridgehead atoms. The number of amides is 1. The van der Waals surface area contributed by atoms with Crippen molar-refractivity contribution in [2.75, 3.05) is 33.3 Å². The third kappa shape index (κ3) is 5.47. The van der Waals surface area contributed by atoms with Gasteiger partial charge in [-0.15, -0.1) is 0 Å². The number of likely N-dealkylation sites (N-methyl/N-ethyl adjacent to an activating group) is 1. The fraction of sp³-hybridized carbons (Fsp3) is 0.350. The molecule has 8 heteroatoms. The van der Waals surface area contributed by atoms with Gasteiger partial charge in [-0.05, 0) is 42.5 Å². The molecule has 0 heterocycles. The van der Waals surface area contributed by atoms with Crippen molar-refractivity contribution >= 4 is 27.5 Å². The molecule has 0 aliphatic rings. The second-order valence-corrected chi connectivity index (χ2v) is 8.52. The summed E-state index contributed by atoms with van der Waals surface area (Å²) in [6.45, 7) is 5.07. The van der Waals surface area contributed by atoms with Crippen LogP contribution in [-0.2, 0) is 10.0 Å². The summed E-state index contributed by atoms with van der Waals surface area (Å²) in [5, 5.41) is 0.585. The van der Waals surface area contributed by atoms with Gasteiger partial charge in [0.15, 0.2) is 0 Å². The van der Waals surface area contributed by atoms with Gasteiger partial charge in [-0.25, -0.2) is 8.42 Å². The van der Waals surface area contributed by atoms with Gasteiger partial charge >= 0.3 is 0 Å². The summed E-state index contributed by atoms with van der Waals surface area (Å²) in [6.07, 6.45) is 0. The van der Waals surface area contributed by atoms with Gasteiger partial charge in [0.2, 0.25) is 10.0 Å². The largest absolute Gasteiger partial charge is 0.492 e. The molecule has 0 N–H and O–H groups in total. The first-order valence-corrected chi connectivity index (χ1v) is 10.9. The molecule has 0 fully saturated rings. The van der Waals surface area contributed by atoms with Gasteiger partial charge in [0.1, 0.15) is 12.4 Å². The van der Waals surface area contributed by atoms with E-state index >= 15 is 0 Å². The molecule has 6 nitrogen and oxygen atoms in total. The van der Waals surface area contributed by atoms with E-state index in [9.17, 15) is 13.2 Å². The van der Waals surface area contributed by atoms with Crippen LogP contribution in [0.3, 0.4) is 0 Å². The minimum atomic E-state index is -3.53. The van der Waals surface area contributed by atoms with Crippen molar-refractivity contribution in [2.45, 2.75) is 18.7 Å². The summed E-state index contributed by atoms with van der Waals surface area (Å²) in [6, 6.07) is 13.1. The first kappa shape index (κ1) is 22.2. The Kier molecular flexibility index (Phi) is 7.86. The van der Waals surface area contributed by atoms with E-state index < -0.39 is 10.0 Å². The molecule has 2 aromatic rings. The molecule has 2 aromatic carbocycles. The average Bonchev–Trinajstić information content (AvgIpc) is 2.68. The van der Waals surface area contributed by atoms with Gasteiger partial charge in [0.25, 0.3) is 5.91 Å². The van der Waals surface area contributed by atoms with Crippen molar-refractivity contribution in [3.63, 3.8) is 0 Å². The number of sulfonamides is 1. The Bertz CT molecular complexity index is 897. The topological polar surface area (TPSA) is 66.9 Å². The molecule has 28 heavy (non-hydrogen) atoms. The zero-order chi connectivity index (χ0) is 20.7. The maximum Gasteiger partial charge on any atom is 0.253 e. The Morgan fingerprint density at radius 3 is 2.29 bits per heavy atom. The number of hydrogen-bond acceptors (Lipinski definition) is 4. The van der Waals surface area contributed by atoms with Crippen LogP contribution in [0.5, 0.6) is 5.75 Å². The van der Waals surface area contributed by atoms with Crippen molar-refractivity contribution < 1.29 is 17.9 Å². The van der Waals surface area contributed by atoms with Crippen LogP contribution < -0.4 is 4.74 Å². The molecule has 0 aromatic heterocycles. The number of ether oxygens (including phenoxy) is 1. The van der Waals surface area contributed by atoms with E-state index in [4.69, 9.17) is 16.3 Å². The minimum absolute atomic E-state index is 0.180. The monoisotopic (exact) mass is 424 g/mol. The molecule has 1 amide bonds. The zero-order valence-electron chi connectivity index (χ0n) is 16.3. The normalized spacial score (nSPS) is 11.5. The van der Waals surface area contributed by atoms with E-state index in [1.165, 1.54) is 33.5 Å². The van der Waals surface area contributed by atoms with Crippen LogP contribution >= 0.6 is 11.6 Å². The maximum atomic E-state index is 12.5. The molecule has 0 atom stereocenters. The smallest absolute Gasteiger partial charge is 0.253 e. The lowest BCUT2D eigenvalue weighted by atomic mass is 10.2. The molecular weight excluding hydrogens is 400 g/mol. The highest BCUT2D eigenvalue weighted by Crippen LogP contribution is 2.18. The number of halogens is 1. The van der Waals surface area contributed by atoms with Crippen LogP contribution in [0.15, 0.2) is 53.4 Å². The second kappa shape index (κ2) is 9.91. The predicted octanol–water partition coefficient (Wildman–Crippen LogP) is 3.52. The number of benzene rings is 2. The highest BCUT2D eigenvalue weighted by atomic mass is 35.5. The average molecular weight is 425 g/mol. The fourth-order valence-corrected chi connectivity index (χ4v) is 4.30. The quantitative estimate of drug-likeness (QED) is 0.617. The van der Waals surface area contributed by atoms with Crippen LogP contribution in [0.25, 0.3) is 0 Å². The van der Waals surface area contributed by atoms with Crippen molar-refractivity contribution in [1.82, 2.24) is 9.21 Å². The molecule has 0 unspecified atom stereocenters. The Labute approximate surface area is 171 Å². The standard InChI is InChI=1S/C20H25ClN2O4S/c1-4-23(5-2)28(25,26)19-11-9-16(10-12-19)20(24)22(3)13-14-27-18-8-6-7-17(21)15-18/h6-12,15H,4-5,13-14H2,1-3H3. The number of rotatable bonds is 9. The Balaban J connectivity index is 1.98. The van der Waals surface area contributed by atoms with E-state index in [0.29, 0.717) is 42.6 Å². The van der Waals surface area contributed by atoms with E-state index in [1.54, 1.807) is 45.2 Å². The second-order valence-electron chi connectivity index (χ2n) is 6.15. The van der Waals surface area contributed by atoms with Gasteiger partial charge in [-0.3, -0.25) is 4.79 Å². The summed E-state index contributed by atoms with van der Waals surface area (Å²) in [4.78, 5) is 14.2. The first-order chi connectivity index (χ1) is 13.3. The lowest BCUT2D eigenvalue weighted by molar-refractivity contribution is 0.0773. The Morgan fingerprint density at radius 2 is 1.71 bits per heavy atom. The van der Waals surface area contributed by atoms with E-state index in [1.807, 2.05) is 0 Å². The van der Waals surface area contributed by atoms with E-state index in [2.05, 4.69) is 0 Å². The molecule has 0 aliphatic carbocycles. The highest BCUT2D eigenvalue weighted by molar-refractivity contribution is 7.89. The highest BCUT2D eigenvalue weighted by Gasteiger charge is 2.22. The Morgan fingerprint density at radius 1 is 1.07 bits per heavy atom. The number of carbonyl (C=O) groups is 1. The third-order valence-corrected chi connectivity index (χ3v) is 6.58. The molecular formula is C20H25ClN2O4S. The van der Waals surface area contributed by atoms with Crippen molar-refractivity contribution in [3.05, 3.63) is 59.1 Å². The molecule has 0 saturated carbocycles. The summed E-state index contributed by atoms with van der Waals surface area (Å²) < 4.78 is 32.0. The lowest BCUT2D eigenvalue weighted by Crippen LogP contribution is -2.31. The maximum absolute atomic E-state index is 12.5. The van der Waals surface area contributed by atoms with Gasteiger partial charge in [-0.2, -0.15) is 4.31 Å². The third-order valence-electron chi connectivity index (χ3n) is 4.28. The van der Waals surface area contributed by atoms with Crippen LogP contribution in [0.2, 0.25) is 5.02 Å². The van der Waals surface area contributed by atoms with Crippen molar-refractivity contribution in [2.24, 2.45) is 0 Å². The minimum Gasteiger partial charge on any atom is -0.492 e. The summed E-state index contributed by atoms with van der Waals surface area (Å²) in [7, 11) is -1.86. The number of carbonyl (C=O) groups excluding carboxylic acids is 1. The van der Waals surface area contributed by atoms with E-state index in [-0.39, 0.29) is 10.8 Å². The fourth-order valence-electron chi connectivity index (χ4n) is 2.66. The predicted molar refractivity (Wildman–Crippen MR) is 110 cm³/mol. The van der Waals surface area contributed by atoms with Crippen LogP contribution in [0.4, 0.5) is 0 Å². The molecule has 0 radical (unpaired) electrons. The van der Waals surface area contributed by atoms with Crippen LogP contribution in [0.1, 0.15) is 24.2 Å². The van der Waals surface area contributed by atoms with E-state index in [0.717, 1.165) is 0 Å². The summed E-state index contributed by atoms with van der Waals surface area (Å²) in [5.41, 5.74) is 0.420. The summed E-state index contributed by atoms with van der Waals surface area (Å²) in [5.74, 6) is 0.431. The zero-order valence-corrected chi connectivity index (χ0v) is 17.8. The molecule has 152 valence electrons. The first-order valence-electron chi connectivity index (χ1n) is 9.03. The Hall–Kier alpha value is -2.09. The van der Waals surface area contributed by atoms with Gasteiger partial charge < -0.3 is 9.64 Å².